The Kier molecular flexibility index (Phi) is 10.8. The summed E-state index contributed by atoms with van der Waals surface area (Å²) in [6.45, 7) is 2.49. The standard InChI is InChI=1S/C13H19N5O2.C6H10F2.CHF3/c1-13(2,3)20-12(19)15-7-10-8-18-11(17-10)4-9(5-14)6-16-18;7-6(8)4-2-1-3-5-6;2-1(3)4/h4,6,8H,5,7,14H2,1-3H3,(H,15,19);1-5H2;1H. The van der Waals surface area contributed by atoms with Gasteiger partial charge in [0.05, 0.1) is 24.6 Å². The molecule has 0 bridgehead atoms. The van der Waals surface area contributed by atoms with E-state index in [4.69, 9.17) is 10.5 Å². The second-order valence-electron chi connectivity index (χ2n) is 8.12. The van der Waals surface area contributed by atoms with Gasteiger partial charge in [0, 0.05) is 19.4 Å². The molecule has 0 aliphatic heterocycles. The molecule has 0 radical (unpaired) electrons. The lowest BCUT2D eigenvalue weighted by molar-refractivity contribution is -0.0337. The number of carbonyl (C=O) groups is 1. The van der Waals surface area contributed by atoms with Crippen molar-refractivity contribution in [2.75, 3.05) is 0 Å². The zero-order valence-corrected chi connectivity index (χ0v) is 18.4. The average molecular weight is 467 g/mol. The Hall–Kier alpha value is -2.50. The summed E-state index contributed by atoms with van der Waals surface area (Å²) in [6.07, 6.45) is 5.65. The molecule has 0 atom stereocenters. The van der Waals surface area contributed by atoms with Crippen molar-refractivity contribution in [1.29, 1.82) is 0 Å². The smallest absolute Gasteiger partial charge is 0.407 e. The van der Waals surface area contributed by atoms with Crippen molar-refractivity contribution in [3.8, 4) is 0 Å². The lowest BCUT2D eigenvalue weighted by Crippen LogP contribution is -2.32. The number of ether oxygens (including phenoxy) is 1. The van der Waals surface area contributed by atoms with Gasteiger partial charge in [-0.25, -0.2) is 23.1 Å². The Labute approximate surface area is 183 Å². The quantitative estimate of drug-likeness (QED) is 0.621. The van der Waals surface area contributed by atoms with Crippen LogP contribution < -0.4 is 11.1 Å². The van der Waals surface area contributed by atoms with Crippen LogP contribution in [0.5, 0.6) is 0 Å². The maximum absolute atomic E-state index is 12.2. The summed E-state index contributed by atoms with van der Waals surface area (Å²) < 4.78 is 60.2. The molecular formula is C20H30F5N5O2. The van der Waals surface area contributed by atoms with Crippen LogP contribution >= 0.6 is 0 Å². The maximum Gasteiger partial charge on any atom is 0.407 e. The number of imidazole rings is 1. The minimum Gasteiger partial charge on any atom is -0.444 e. The van der Waals surface area contributed by atoms with Crippen LogP contribution in [0.15, 0.2) is 18.5 Å². The van der Waals surface area contributed by atoms with Crippen molar-refractivity contribution in [2.45, 2.75) is 84.2 Å². The molecule has 0 aromatic carbocycles. The molecule has 7 nitrogen and oxygen atoms in total. The van der Waals surface area contributed by atoms with Crippen LogP contribution in [0, 0.1) is 0 Å². The van der Waals surface area contributed by atoms with E-state index in [1.54, 1.807) is 16.9 Å². The number of halogens is 5. The van der Waals surface area contributed by atoms with Crippen molar-refractivity contribution in [1.82, 2.24) is 19.9 Å². The number of nitrogens with two attached hydrogens (primary N) is 1. The first-order chi connectivity index (χ1) is 14.8. The van der Waals surface area contributed by atoms with Gasteiger partial charge in [-0.3, -0.25) is 0 Å². The van der Waals surface area contributed by atoms with Gasteiger partial charge in [0.2, 0.25) is 5.92 Å². The van der Waals surface area contributed by atoms with E-state index in [1.807, 2.05) is 26.8 Å². The number of carbonyl (C=O) groups excluding carboxylic acids is 1. The van der Waals surface area contributed by atoms with Crippen LogP contribution in [0.4, 0.5) is 26.7 Å². The third-order valence-corrected chi connectivity index (χ3v) is 4.06. The normalized spacial score (nSPS) is 15.3. The number of aromatic nitrogens is 3. The van der Waals surface area contributed by atoms with Crippen LogP contribution in [-0.4, -0.2) is 38.9 Å². The molecule has 3 rings (SSSR count). The lowest BCUT2D eigenvalue weighted by Gasteiger charge is -2.20. The number of hydrogen-bond acceptors (Lipinski definition) is 5. The van der Waals surface area contributed by atoms with Gasteiger partial charge in [0.15, 0.2) is 5.65 Å². The minimum atomic E-state index is -3.67. The summed E-state index contributed by atoms with van der Waals surface area (Å²) >= 11 is 0. The molecule has 32 heavy (non-hydrogen) atoms. The van der Waals surface area contributed by atoms with Crippen LogP contribution in [0.2, 0.25) is 0 Å². The Morgan fingerprint density at radius 3 is 2.31 bits per heavy atom. The highest BCUT2D eigenvalue weighted by Gasteiger charge is 2.30. The highest BCUT2D eigenvalue weighted by atomic mass is 19.4. The third kappa shape index (κ3) is 11.8. The number of nitrogens with one attached hydrogen (secondary N) is 1. The molecular weight excluding hydrogens is 437 g/mol. The summed E-state index contributed by atoms with van der Waals surface area (Å²) in [6, 6.07) is 1.87. The predicted molar refractivity (Wildman–Crippen MR) is 109 cm³/mol. The topological polar surface area (TPSA) is 94.5 Å². The number of hydrogen-bond donors (Lipinski definition) is 2. The first kappa shape index (κ1) is 27.5. The average Bonchev–Trinajstić information content (AvgIpc) is 3.07. The van der Waals surface area contributed by atoms with E-state index in [0.29, 0.717) is 30.7 Å². The molecule has 1 aliphatic rings. The molecule has 1 amide bonds. The van der Waals surface area contributed by atoms with E-state index in [2.05, 4.69) is 15.4 Å². The van der Waals surface area contributed by atoms with Gasteiger partial charge < -0.3 is 15.8 Å². The van der Waals surface area contributed by atoms with Crippen LogP contribution in [-0.2, 0) is 17.8 Å². The Morgan fingerprint density at radius 2 is 1.84 bits per heavy atom. The van der Waals surface area contributed by atoms with Crippen molar-refractivity contribution in [2.24, 2.45) is 5.73 Å². The maximum atomic E-state index is 12.2. The van der Waals surface area contributed by atoms with Crippen LogP contribution in [0.3, 0.4) is 0 Å². The van der Waals surface area contributed by atoms with E-state index in [1.165, 1.54) is 0 Å². The fraction of sp³-hybridized carbons (Fsp3) is 0.650. The summed E-state index contributed by atoms with van der Waals surface area (Å²) in [5.74, 6) is -2.32. The van der Waals surface area contributed by atoms with Gasteiger partial charge in [0.25, 0.3) is 0 Å². The molecule has 0 unspecified atom stereocenters. The number of rotatable bonds is 3. The number of alkyl carbamates (subject to hydrolysis) is 1. The summed E-state index contributed by atoms with van der Waals surface area (Å²) in [5, 5.41) is 6.84. The van der Waals surface area contributed by atoms with Gasteiger partial charge in [-0.15, -0.1) is 0 Å². The summed E-state index contributed by atoms with van der Waals surface area (Å²) in [7, 11) is 0. The number of alkyl halides is 5. The largest absolute Gasteiger partial charge is 0.444 e. The zero-order valence-electron chi connectivity index (χ0n) is 18.4. The number of fused-ring (bicyclic) bond motifs is 1. The second kappa shape index (κ2) is 12.5. The Bertz CT molecular complexity index is 829. The highest BCUT2D eigenvalue weighted by Crippen LogP contribution is 2.32. The molecule has 182 valence electrons. The molecule has 0 saturated heterocycles. The Balaban J connectivity index is 0.000000350. The molecule has 3 N–H and O–H groups in total. The zero-order chi connectivity index (χ0) is 24.4. The fourth-order valence-electron chi connectivity index (χ4n) is 2.71. The molecule has 12 heteroatoms. The monoisotopic (exact) mass is 467 g/mol. The van der Waals surface area contributed by atoms with Gasteiger partial charge >= 0.3 is 12.8 Å². The first-order valence-corrected chi connectivity index (χ1v) is 10.1. The predicted octanol–water partition coefficient (Wildman–Crippen LogP) is 4.98. The van der Waals surface area contributed by atoms with Crippen LogP contribution in [0.1, 0.15) is 64.1 Å². The summed E-state index contributed by atoms with van der Waals surface area (Å²) in [5.41, 5.74) is 7.36. The first-order valence-electron chi connectivity index (χ1n) is 10.1. The number of amides is 1. The molecule has 1 saturated carbocycles. The second-order valence-corrected chi connectivity index (χ2v) is 8.12. The van der Waals surface area contributed by atoms with E-state index >= 15 is 0 Å². The third-order valence-electron chi connectivity index (χ3n) is 4.06. The molecule has 2 aromatic rings. The van der Waals surface area contributed by atoms with Gasteiger partial charge in [-0.2, -0.15) is 18.3 Å². The SMILES string of the molecule is CC(C)(C)OC(=O)NCc1cn2ncc(CN)cc2n1.FC(F)F.FC1(F)CCCCC1. The van der Waals surface area contributed by atoms with Crippen molar-refractivity contribution in [3.63, 3.8) is 0 Å². The molecule has 2 aromatic heterocycles. The molecule has 0 spiro atoms. The Morgan fingerprint density at radius 1 is 1.25 bits per heavy atom. The van der Waals surface area contributed by atoms with E-state index < -0.39 is 24.3 Å². The molecule has 1 aliphatic carbocycles. The lowest BCUT2D eigenvalue weighted by atomic mass is 9.97. The summed E-state index contributed by atoms with van der Waals surface area (Å²) in [4.78, 5) is 15.9. The van der Waals surface area contributed by atoms with Crippen LogP contribution in [0.25, 0.3) is 5.65 Å². The minimum absolute atomic E-state index is 0.118. The number of nitrogens with zero attached hydrogens (tertiary/aromatic N) is 3. The van der Waals surface area contributed by atoms with Gasteiger partial charge in [0.1, 0.15) is 5.60 Å². The van der Waals surface area contributed by atoms with Gasteiger partial charge in [-0.1, -0.05) is 6.42 Å². The molecule has 2 heterocycles. The van der Waals surface area contributed by atoms with E-state index in [-0.39, 0.29) is 19.4 Å². The fourth-order valence-corrected chi connectivity index (χ4v) is 2.71. The van der Waals surface area contributed by atoms with E-state index in [9.17, 15) is 26.7 Å². The van der Waals surface area contributed by atoms with Crippen molar-refractivity contribution in [3.05, 3.63) is 29.7 Å². The van der Waals surface area contributed by atoms with Crippen molar-refractivity contribution < 1.29 is 31.5 Å². The highest BCUT2D eigenvalue weighted by molar-refractivity contribution is 5.67. The van der Waals surface area contributed by atoms with Gasteiger partial charge in [-0.05, 0) is 45.2 Å². The molecule has 1 fully saturated rings. The van der Waals surface area contributed by atoms with E-state index in [0.717, 1.165) is 12.0 Å². The van der Waals surface area contributed by atoms with Crippen molar-refractivity contribution >= 4 is 11.7 Å².